The number of ether oxygens (including phenoxy) is 2. The minimum Gasteiger partial charge on any atom is -0.492 e. The van der Waals surface area contributed by atoms with Crippen molar-refractivity contribution >= 4 is 43.5 Å². The maximum Gasteiger partial charge on any atom is 0.255 e. The van der Waals surface area contributed by atoms with Gasteiger partial charge in [0.05, 0.1) is 18.2 Å². The Morgan fingerprint density at radius 2 is 2.00 bits per heavy atom. The first-order chi connectivity index (χ1) is 10.5. The Bertz CT molecular complexity index is 689. The van der Waals surface area contributed by atoms with E-state index in [1.54, 1.807) is 19.2 Å². The van der Waals surface area contributed by atoms with Crippen molar-refractivity contribution in [1.29, 1.82) is 0 Å². The fraction of sp³-hybridized carbons (Fsp3) is 0.188. The van der Waals surface area contributed by atoms with Gasteiger partial charge >= 0.3 is 0 Å². The maximum atomic E-state index is 12.4. The fourth-order valence-electron chi connectivity index (χ4n) is 1.93. The highest BCUT2D eigenvalue weighted by atomic mass is 79.9. The molecule has 0 spiro atoms. The van der Waals surface area contributed by atoms with Gasteiger partial charge in [-0.05, 0) is 53.2 Å². The molecule has 0 fully saturated rings. The van der Waals surface area contributed by atoms with E-state index in [1.807, 2.05) is 31.2 Å². The van der Waals surface area contributed by atoms with Crippen molar-refractivity contribution in [3.8, 4) is 11.5 Å². The van der Waals surface area contributed by atoms with Crippen LogP contribution < -0.4 is 14.8 Å². The zero-order valence-corrected chi connectivity index (χ0v) is 15.3. The molecule has 0 unspecified atom stereocenters. The molecule has 0 bridgehead atoms. The molecule has 6 heteroatoms. The number of benzene rings is 2. The van der Waals surface area contributed by atoms with Crippen LogP contribution in [0.3, 0.4) is 0 Å². The van der Waals surface area contributed by atoms with Gasteiger partial charge in [-0.25, -0.2) is 0 Å². The first kappa shape index (κ1) is 16.8. The highest BCUT2D eigenvalue weighted by molar-refractivity contribution is 9.10. The molecule has 22 heavy (non-hydrogen) atoms. The van der Waals surface area contributed by atoms with Gasteiger partial charge in [-0.3, -0.25) is 4.79 Å². The van der Waals surface area contributed by atoms with Gasteiger partial charge in [0.25, 0.3) is 5.91 Å². The van der Waals surface area contributed by atoms with Crippen LogP contribution in [-0.4, -0.2) is 19.6 Å². The zero-order valence-electron chi connectivity index (χ0n) is 12.2. The minimum atomic E-state index is -0.220. The van der Waals surface area contributed by atoms with Crippen molar-refractivity contribution in [1.82, 2.24) is 0 Å². The molecule has 2 aromatic carbocycles. The topological polar surface area (TPSA) is 47.6 Å². The van der Waals surface area contributed by atoms with Gasteiger partial charge in [0.1, 0.15) is 0 Å². The highest BCUT2D eigenvalue weighted by Crippen LogP contribution is 2.36. The molecule has 116 valence electrons. The molecule has 1 amide bonds. The van der Waals surface area contributed by atoms with E-state index in [1.165, 1.54) is 0 Å². The number of hydrogen-bond acceptors (Lipinski definition) is 3. The largest absolute Gasteiger partial charge is 0.492 e. The van der Waals surface area contributed by atoms with Crippen LogP contribution in [-0.2, 0) is 0 Å². The number of carbonyl (C=O) groups excluding carboxylic acids is 1. The summed E-state index contributed by atoms with van der Waals surface area (Å²) in [7, 11) is 1.56. The first-order valence-corrected chi connectivity index (χ1v) is 8.21. The summed E-state index contributed by atoms with van der Waals surface area (Å²) in [5.41, 5.74) is 1.19. The van der Waals surface area contributed by atoms with Gasteiger partial charge < -0.3 is 14.8 Å². The van der Waals surface area contributed by atoms with Crippen molar-refractivity contribution < 1.29 is 14.3 Å². The van der Waals surface area contributed by atoms with Gasteiger partial charge in [0.15, 0.2) is 11.5 Å². The summed E-state index contributed by atoms with van der Waals surface area (Å²) in [6.45, 7) is 2.36. The number of amides is 1. The lowest BCUT2D eigenvalue weighted by Gasteiger charge is -2.13. The molecule has 0 heterocycles. The van der Waals surface area contributed by atoms with Crippen LogP contribution in [0.2, 0.25) is 0 Å². The summed E-state index contributed by atoms with van der Waals surface area (Å²) in [6.07, 6.45) is 0. The van der Waals surface area contributed by atoms with Crippen LogP contribution in [0.25, 0.3) is 0 Å². The Morgan fingerprint density at radius 3 is 2.64 bits per heavy atom. The number of rotatable bonds is 5. The van der Waals surface area contributed by atoms with Crippen molar-refractivity contribution in [3.05, 3.63) is 50.9 Å². The van der Waals surface area contributed by atoms with E-state index in [0.717, 1.165) is 4.47 Å². The van der Waals surface area contributed by atoms with Crippen LogP contribution in [0.4, 0.5) is 5.69 Å². The molecule has 0 saturated carbocycles. The second-order valence-corrected chi connectivity index (χ2v) is 6.16. The molecule has 0 atom stereocenters. The van der Waals surface area contributed by atoms with E-state index in [-0.39, 0.29) is 5.91 Å². The Morgan fingerprint density at radius 1 is 1.23 bits per heavy atom. The first-order valence-electron chi connectivity index (χ1n) is 6.62. The summed E-state index contributed by atoms with van der Waals surface area (Å²) in [5.74, 6) is 0.877. The lowest BCUT2D eigenvalue weighted by molar-refractivity contribution is 0.102. The summed E-state index contributed by atoms with van der Waals surface area (Å²) < 4.78 is 12.4. The Labute approximate surface area is 146 Å². The highest BCUT2D eigenvalue weighted by Gasteiger charge is 2.15. The summed E-state index contributed by atoms with van der Waals surface area (Å²) in [5, 5.41) is 2.85. The maximum absolute atomic E-state index is 12.4. The van der Waals surface area contributed by atoms with E-state index < -0.39 is 0 Å². The average Bonchev–Trinajstić information content (AvgIpc) is 2.47. The second-order valence-electron chi connectivity index (χ2n) is 4.39. The van der Waals surface area contributed by atoms with Crippen molar-refractivity contribution in [2.75, 3.05) is 19.0 Å². The lowest BCUT2D eigenvalue weighted by Crippen LogP contribution is -2.12. The number of anilines is 1. The summed E-state index contributed by atoms with van der Waals surface area (Å²) in [6, 6.07) is 10.8. The van der Waals surface area contributed by atoms with E-state index in [9.17, 15) is 4.79 Å². The predicted octanol–water partition coefficient (Wildman–Crippen LogP) is 4.87. The summed E-state index contributed by atoms with van der Waals surface area (Å²) in [4.78, 5) is 12.4. The van der Waals surface area contributed by atoms with Gasteiger partial charge in [-0.1, -0.05) is 22.0 Å². The van der Waals surface area contributed by atoms with Crippen LogP contribution in [0.5, 0.6) is 11.5 Å². The third-order valence-electron chi connectivity index (χ3n) is 2.86. The van der Waals surface area contributed by atoms with E-state index in [4.69, 9.17) is 9.47 Å². The monoisotopic (exact) mass is 427 g/mol. The number of nitrogens with one attached hydrogen (secondary N) is 1. The summed E-state index contributed by atoms with van der Waals surface area (Å²) >= 11 is 6.78. The molecule has 0 aliphatic rings. The smallest absolute Gasteiger partial charge is 0.255 e. The molecule has 1 N–H and O–H groups in total. The molecular weight excluding hydrogens is 414 g/mol. The standard InChI is InChI=1S/C16H15Br2NO3/c1-3-22-14-8-10(7-13(18)15(14)21-2)16(20)19-12-6-4-5-11(17)9-12/h4-9H,3H2,1-2H3,(H,19,20). The number of carbonyl (C=O) groups is 1. The third-order valence-corrected chi connectivity index (χ3v) is 3.94. The Kier molecular flexibility index (Phi) is 5.85. The van der Waals surface area contributed by atoms with Crippen molar-refractivity contribution in [2.24, 2.45) is 0 Å². The van der Waals surface area contributed by atoms with Crippen LogP contribution in [0.15, 0.2) is 45.3 Å². The third kappa shape index (κ3) is 4.01. The Hall–Kier alpha value is -1.53. The van der Waals surface area contributed by atoms with Gasteiger partial charge in [0, 0.05) is 15.7 Å². The van der Waals surface area contributed by atoms with Crippen LogP contribution >= 0.6 is 31.9 Å². The SMILES string of the molecule is CCOc1cc(C(=O)Nc2cccc(Br)c2)cc(Br)c1OC. The molecule has 0 saturated heterocycles. The molecule has 0 aliphatic carbocycles. The normalized spacial score (nSPS) is 10.2. The predicted molar refractivity (Wildman–Crippen MR) is 94.0 cm³/mol. The second kappa shape index (κ2) is 7.65. The molecule has 0 radical (unpaired) electrons. The van der Waals surface area contributed by atoms with E-state index in [2.05, 4.69) is 37.2 Å². The van der Waals surface area contributed by atoms with Crippen molar-refractivity contribution in [3.63, 3.8) is 0 Å². The molecule has 0 aromatic heterocycles. The zero-order chi connectivity index (χ0) is 16.1. The number of halogens is 2. The fourth-order valence-corrected chi connectivity index (χ4v) is 2.93. The molecule has 2 aromatic rings. The van der Waals surface area contributed by atoms with Crippen molar-refractivity contribution in [2.45, 2.75) is 6.92 Å². The molecular formula is C16H15Br2NO3. The molecule has 0 aliphatic heterocycles. The molecule has 2 rings (SSSR count). The molecule has 4 nitrogen and oxygen atoms in total. The van der Waals surface area contributed by atoms with Crippen LogP contribution in [0, 0.1) is 0 Å². The minimum absolute atomic E-state index is 0.220. The Balaban J connectivity index is 2.29. The number of hydrogen-bond donors (Lipinski definition) is 1. The number of methoxy groups -OCH3 is 1. The lowest BCUT2D eigenvalue weighted by atomic mass is 10.2. The van der Waals surface area contributed by atoms with E-state index >= 15 is 0 Å². The quantitative estimate of drug-likeness (QED) is 0.738. The van der Waals surface area contributed by atoms with Gasteiger partial charge in [-0.2, -0.15) is 0 Å². The average molecular weight is 429 g/mol. The van der Waals surface area contributed by atoms with Crippen LogP contribution in [0.1, 0.15) is 17.3 Å². The van der Waals surface area contributed by atoms with Gasteiger partial charge in [-0.15, -0.1) is 0 Å². The van der Waals surface area contributed by atoms with E-state index in [0.29, 0.717) is 33.8 Å². The van der Waals surface area contributed by atoms with Gasteiger partial charge in [0.2, 0.25) is 0 Å².